The van der Waals surface area contributed by atoms with Crippen molar-refractivity contribution in [3.8, 4) is 0 Å². The molecule has 0 saturated carbocycles. The molecule has 0 spiro atoms. The molecule has 0 saturated heterocycles. The summed E-state index contributed by atoms with van der Waals surface area (Å²) in [7, 11) is 0. The zero-order valence-electron chi connectivity index (χ0n) is 4.92. The number of hydrogen-bond donors (Lipinski definition) is 2. The maximum absolute atomic E-state index is 5.44. The minimum Gasteiger partial charge on any atom is -0.294 e. The first-order valence-corrected chi connectivity index (χ1v) is 5.57. The Morgan fingerprint density at radius 1 is 1.00 bits per heavy atom. The van der Waals surface area contributed by atoms with Crippen LogP contribution in [0.5, 0.6) is 0 Å². The molecule has 0 aliphatic rings. The first-order valence-electron chi connectivity index (χ1n) is 2.41. The largest absolute Gasteiger partial charge is 0.294 e. The summed E-state index contributed by atoms with van der Waals surface area (Å²) >= 11 is 19.0. The summed E-state index contributed by atoms with van der Waals surface area (Å²) in [6, 6.07) is 0. The lowest BCUT2D eigenvalue weighted by Crippen LogP contribution is -1.84. The van der Waals surface area contributed by atoms with E-state index in [0.717, 1.165) is 18.9 Å². The fourth-order valence-electron chi connectivity index (χ4n) is 0.546. The van der Waals surface area contributed by atoms with Crippen molar-refractivity contribution < 1.29 is 0 Å². The second-order valence-corrected chi connectivity index (χ2v) is 5.62. The van der Waals surface area contributed by atoms with Crippen LogP contribution >= 0.6 is 66.8 Å². The average molecular weight is 341 g/mol. The Morgan fingerprint density at radius 2 is 1.36 bits per heavy atom. The van der Waals surface area contributed by atoms with Crippen molar-refractivity contribution in [1.82, 2.24) is 0 Å². The molecule has 0 aromatic carbocycles. The van der Waals surface area contributed by atoms with Gasteiger partial charge in [-0.3, -0.25) is 9.67 Å². The Labute approximate surface area is 94.7 Å². The van der Waals surface area contributed by atoms with Crippen molar-refractivity contribution in [1.29, 1.82) is 0 Å². The quantitative estimate of drug-likeness (QED) is 0.779. The van der Waals surface area contributed by atoms with Crippen LogP contribution in [-0.2, 0) is 0 Å². The van der Waals surface area contributed by atoms with Gasteiger partial charge in [0.1, 0.15) is 0 Å². The molecule has 0 aliphatic carbocycles. The van der Waals surface area contributed by atoms with E-state index in [4.69, 9.17) is 23.6 Å². The highest BCUT2D eigenvalue weighted by atomic mass is 79.9. The molecular weight excluding hydrogens is 339 g/mol. The maximum Gasteiger partial charge on any atom is 0.0999 e. The van der Waals surface area contributed by atoms with E-state index >= 15 is 0 Å². The van der Waals surface area contributed by atoms with Crippen molar-refractivity contribution >= 4 is 78.1 Å². The van der Waals surface area contributed by atoms with Gasteiger partial charge in [-0.15, -0.1) is 11.3 Å². The van der Waals surface area contributed by atoms with Gasteiger partial charge in [-0.1, -0.05) is 0 Å². The monoisotopic (exact) mass is 338 g/mol. The fraction of sp³-hybridized carbons (Fsp3) is 0. The smallest absolute Gasteiger partial charge is 0.0999 e. The zero-order valence-corrected chi connectivity index (χ0v) is 10.4. The van der Waals surface area contributed by atoms with Crippen molar-refractivity contribution in [2.24, 2.45) is 0 Å². The van der Waals surface area contributed by atoms with Crippen LogP contribution in [0.1, 0.15) is 0 Å². The van der Waals surface area contributed by atoms with Crippen LogP contribution in [0.25, 0.3) is 0 Å². The summed E-state index contributed by atoms with van der Waals surface area (Å²) < 4.78 is 1.78. The summed E-state index contributed by atoms with van der Waals surface area (Å²) in [6.45, 7) is 0. The highest BCUT2D eigenvalue weighted by Crippen LogP contribution is 2.45. The molecule has 0 atom stereocenters. The molecule has 62 valence electrons. The van der Waals surface area contributed by atoms with Crippen LogP contribution in [0.15, 0.2) is 7.57 Å². The molecule has 0 fully saturated rings. The van der Waals surface area contributed by atoms with Crippen molar-refractivity contribution in [2.45, 2.75) is 0 Å². The van der Waals surface area contributed by atoms with E-state index in [1.54, 1.807) is 0 Å². The lowest BCUT2D eigenvalue weighted by atomic mass is 10.5. The molecule has 2 N–H and O–H groups in total. The Morgan fingerprint density at radius 3 is 1.64 bits per heavy atom. The van der Waals surface area contributed by atoms with Crippen LogP contribution in [0, 0.1) is 0 Å². The van der Waals surface area contributed by atoms with E-state index in [2.05, 4.69) is 41.5 Å². The van der Waals surface area contributed by atoms with Gasteiger partial charge in [-0.2, -0.15) is 0 Å². The Kier molecular flexibility index (Phi) is 3.77. The molecule has 0 amide bonds. The van der Waals surface area contributed by atoms with E-state index in [1.807, 2.05) is 0 Å². The summed E-state index contributed by atoms with van der Waals surface area (Å²) in [5.74, 6) is 0. The molecule has 1 rings (SSSR count). The van der Waals surface area contributed by atoms with Gasteiger partial charge in [-0.05, 0) is 31.9 Å². The van der Waals surface area contributed by atoms with E-state index in [0.29, 0.717) is 0 Å². The molecule has 1 aromatic heterocycles. The van der Waals surface area contributed by atoms with E-state index < -0.39 is 0 Å². The van der Waals surface area contributed by atoms with Gasteiger partial charge in [0.25, 0.3) is 0 Å². The summed E-state index contributed by atoms with van der Waals surface area (Å²) in [5.41, 5.74) is 1.47. The van der Waals surface area contributed by atoms with Crippen molar-refractivity contribution in [2.75, 3.05) is 9.67 Å². The van der Waals surface area contributed by atoms with Crippen LogP contribution in [0.4, 0.5) is 11.4 Å². The number of nitrogens with one attached hydrogen (secondary N) is 2. The minimum atomic E-state index is 0.735. The van der Waals surface area contributed by atoms with Crippen LogP contribution in [-0.4, -0.2) is 0 Å². The Balaban J connectivity index is 3.17. The predicted molar refractivity (Wildman–Crippen MR) is 58.7 cm³/mol. The average Bonchev–Trinajstić information content (AvgIpc) is 2.24. The third-order valence-electron chi connectivity index (χ3n) is 1.01. The van der Waals surface area contributed by atoms with E-state index in [9.17, 15) is 0 Å². The zero-order chi connectivity index (χ0) is 8.43. The molecule has 0 unspecified atom stereocenters. The molecule has 2 nitrogen and oxygen atoms in total. The lowest BCUT2D eigenvalue weighted by molar-refractivity contribution is 1.75. The normalized spacial score (nSPS) is 9.82. The van der Waals surface area contributed by atoms with Gasteiger partial charge >= 0.3 is 0 Å². The first-order chi connectivity index (χ1) is 5.20. The number of rotatable bonds is 2. The van der Waals surface area contributed by atoms with Crippen LogP contribution in [0.3, 0.4) is 0 Å². The number of anilines is 2. The number of thiophene rings is 1. The molecule has 1 aromatic rings. The second kappa shape index (κ2) is 4.18. The van der Waals surface area contributed by atoms with E-state index in [1.165, 1.54) is 11.3 Å². The molecule has 7 heteroatoms. The summed E-state index contributed by atoms with van der Waals surface area (Å²) in [4.78, 5) is 4.99. The molecule has 0 aliphatic heterocycles. The van der Waals surface area contributed by atoms with Crippen molar-refractivity contribution in [3.05, 3.63) is 7.57 Å². The van der Waals surface area contributed by atoms with Gasteiger partial charge in [0, 0.05) is 23.6 Å². The van der Waals surface area contributed by atoms with Crippen LogP contribution in [0.2, 0.25) is 0 Å². The molecule has 1 heterocycles. The van der Waals surface area contributed by atoms with Gasteiger partial charge in [0.2, 0.25) is 0 Å². The minimum absolute atomic E-state index is 0.735. The highest BCUT2D eigenvalue weighted by molar-refractivity contribution is 9.12. The lowest BCUT2D eigenvalue weighted by Gasteiger charge is -1.98. The third-order valence-corrected chi connectivity index (χ3v) is 3.92. The molecular formula is C4H2Br2Cl2N2S. The number of halogens is 4. The van der Waals surface area contributed by atoms with Gasteiger partial charge in [0.05, 0.1) is 18.9 Å². The van der Waals surface area contributed by atoms with Gasteiger partial charge in [-0.25, -0.2) is 0 Å². The molecule has 0 bridgehead atoms. The Hall–Kier alpha value is 0.840. The Bertz CT molecular complexity index is 240. The predicted octanol–water partition coefficient (Wildman–Crippen LogP) is 4.40. The summed E-state index contributed by atoms with van der Waals surface area (Å²) in [6.07, 6.45) is 0. The molecule has 11 heavy (non-hydrogen) atoms. The number of hydrogen-bond acceptors (Lipinski definition) is 3. The standard InChI is InChI=1S/C4H2Br2Cl2N2S/c5-3-1(9-7)2(10-8)4(6)11-3/h9-10H. The topological polar surface area (TPSA) is 24.1 Å². The molecule has 0 radical (unpaired) electrons. The third kappa shape index (κ3) is 1.95. The maximum atomic E-state index is 5.44. The second-order valence-electron chi connectivity index (χ2n) is 1.59. The van der Waals surface area contributed by atoms with Crippen LogP contribution < -0.4 is 9.67 Å². The van der Waals surface area contributed by atoms with Gasteiger partial charge < -0.3 is 0 Å². The van der Waals surface area contributed by atoms with E-state index in [-0.39, 0.29) is 0 Å². The summed E-state index contributed by atoms with van der Waals surface area (Å²) in [5, 5.41) is 0. The first kappa shape index (κ1) is 9.92. The van der Waals surface area contributed by atoms with Crippen molar-refractivity contribution in [3.63, 3.8) is 0 Å². The SMILES string of the molecule is ClNc1c(Br)sc(Br)c1NCl. The van der Waals surface area contributed by atoms with Gasteiger partial charge in [0.15, 0.2) is 0 Å². The highest BCUT2D eigenvalue weighted by Gasteiger charge is 2.13. The fourth-order valence-corrected chi connectivity index (χ4v) is 4.15.